The first kappa shape index (κ1) is 28.4. The molecular weight excluding hydrogens is 406 g/mol. The van der Waals surface area contributed by atoms with E-state index in [0.717, 1.165) is 38.6 Å². The highest BCUT2D eigenvalue weighted by Crippen LogP contribution is 2.42. The topological polar surface area (TPSA) is 72.9 Å². The number of carbonyl (C=O) groups is 3. The van der Waals surface area contributed by atoms with E-state index in [1.807, 2.05) is 32.6 Å². The van der Waals surface area contributed by atoms with Crippen molar-refractivity contribution in [3.05, 3.63) is 0 Å². The summed E-state index contributed by atoms with van der Waals surface area (Å²) in [6.07, 6.45) is 7.11. The van der Waals surface area contributed by atoms with Gasteiger partial charge in [0.25, 0.3) is 0 Å². The normalized spacial score (nSPS) is 19.7. The molecule has 4 atom stereocenters. The molecule has 32 heavy (non-hydrogen) atoms. The fourth-order valence-corrected chi connectivity index (χ4v) is 4.90. The third-order valence-electron chi connectivity index (χ3n) is 7.20. The zero-order chi connectivity index (χ0) is 24.4. The van der Waals surface area contributed by atoms with Crippen LogP contribution < -0.4 is 0 Å². The Morgan fingerprint density at radius 3 is 2.22 bits per heavy atom. The monoisotopic (exact) mass is 453 g/mol. The Kier molecular flexibility index (Phi) is 11.7. The molecule has 0 aromatic heterocycles. The summed E-state index contributed by atoms with van der Waals surface area (Å²) >= 11 is 0. The van der Waals surface area contributed by atoms with Crippen molar-refractivity contribution >= 4 is 17.8 Å². The number of nitrogens with zero attached hydrogens (tertiary/aromatic N) is 1. The summed E-state index contributed by atoms with van der Waals surface area (Å²) in [7, 11) is 0. The molecular formula is C26H47NO5. The van der Waals surface area contributed by atoms with Gasteiger partial charge in [-0.15, -0.1) is 0 Å². The van der Waals surface area contributed by atoms with Crippen molar-refractivity contribution in [1.29, 1.82) is 0 Å². The number of hydrogen-bond donors (Lipinski definition) is 0. The van der Waals surface area contributed by atoms with Crippen LogP contribution in [0.5, 0.6) is 0 Å². The summed E-state index contributed by atoms with van der Waals surface area (Å²) in [6, 6.07) is -0.0879. The van der Waals surface area contributed by atoms with Crippen LogP contribution >= 0.6 is 0 Å². The van der Waals surface area contributed by atoms with Gasteiger partial charge in [-0.05, 0) is 65.7 Å². The lowest BCUT2D eigenvalue weighted by molar-refractivity contribution is -0.166. The molecule has 0 spiro atoms. The maximum Gasteiger partial charge on any atom is 0.311 e. The van der Waals surface area contributed by atoms with Crippen LogP contribution in [-0.2, 0) is 23.9 Å². The molecule has 1 fully saturated rings. The molecule has 0 bridgehead atoms. The van der Waals surface area contributed by atoms with Crippen molar-refractivity contribution < 1.29 is 23.9 Å². The van der Waals surface area contributed by atoms with Gasteiger partial charge in [-0.1, -0.05) is 40.0 Å². The van der Waals surface area contributed by atoms with E-state index < -0.39 is 10.8 Å². The minimum atomic E-state index is -0.881. The van der Waals surface area contributed by atoms with E-state index in [-0.39, 0.29) is 30.5 Å². The molecule has 1 heterocycles. The van der Waals surface area contributed by atoms with Crippen molar-refractivity contribution in [2.45, 2.75) is 112 Å². The standard InChI is InChI=1S/C26H47NO5/c1-8-12-14-21(9-2)18-32-23(29)25(6,10-3)19-26(7,24(30)31-11-4)17-20(5)27-16-13-15-22(27)28/h20-21H,8-19H2,1-7H3. The number of esters is 2. The molecule has 0 aromatic carbocycles. The first-order chi connectivity index (χ1) is 15.1. The highest BCUT2D eigenvalue weighted by Gasteiger charge is 2.47. The predicted octanol–water partition coefficient (Wildman–Crippen LogP) is 5.52. The molecule has 0 aromatic rings. The van der Waals surface area contributed by atoms with Gasteiger partial charge in [-0.2, -0.15) is 0 Å². The third kappa shape index (κ3) is 7.77. The fraction of sp³-hybridized carbons (Fsp3) is 0.885. The Morgan fingerprint density at radius 2 is 1.72 bits per heavy atom. The van der Waals surface area contributed by atoms with Crippen LogP contribution in [0.3, 0.4) is 0 Å². The van der Waals surface area contributed by atoms with E-state index in [1.54, 1.807) is 6.92 Å². The number of amides is 1. The molecule has 0 radical (unpaired) electrons. The van der Waals surface area contributed by atoms with Crippen molar-refractivity contribution in [1.82, 2.24) is 4.90 Å². The van der Waals surface area contributed by atoms with Crippen molar-refractivity contribution in [2.24, 2.45) is 16.7 Å². The molecule has 0 N–H and O–H groups in total. The van der Waals surface area contributed by atoms with E-state index in [1.165, 1.54) is 0 Å². The van der Waals surface area contributed by atoms with Gasteiger partial charge in [0, 0.05) is 19.0 Å². The molecule has 1 rings (SSSR count). The fourth-order valence-electron chi connectivity index (χ4n) is 4.90. The van der Waals surface area contributed by atoms with Crippen LogP contribution in [0.1, 0.15) is 106 Å². The van der Waals surface area contributed by atoms with E-state index in [4.69, 9.17) is 9.47 Å². The summed E-state index contributed by atoms with van der Waals surface area (Å²) in [6.45, 7) is 15.3. The number of rotatable bonds is 15. The van der Waals surface area contributed by atoms with E-state index in [0.29, 0.717) is 38.2 Å². The predicted molar refractivity (Wildman–Crippen MR) is 127 cm³/mol. The number of ether oxygens (including phenoxy) is 2. The summed E-state index contributed by atoms with van der Waals surface area (Å²) in [4.78, 5) is 40.4. The zero-order valence-electron chi connectivity index (χ0n) is 21.6. The molecule has 0 saturated carbocycles. The highest BCUT2D eigenvalue weighted by atomic mass is 16.5. The molecule has 0 aliphatic carbocycles. The summed E-state index contributed by atoms with van der Waals surface area (Å²) in [5.41, 5.74) is -1.67. The van der Waals surface area contributed by atoms with Gasteiger partial charge in [0.05, 0.1) is 24.0 Å². The van der Waals surface area contributed by atoms with Gasteiger partial charge in [-0.3, -0.25) is 14.4 Å². The molecule has 4 unspecified atom stereocenters. The van der Waals surface area contributed by atoms with Gasteiger partial charge >= 0.3 is 11.9 Å². The van der Waals surface area contributed by atoms with Crippen molar-refractivity contribution in [2.75, 3.05) is 19.8 Å². The molecule has 1 amide bonds. The molecule has 186 valence electrons. The Balaban J connectivity index is 2.98. The molecule has 1 saturated heterocycles. The lowest BCUT2D eigenvalue weighted by atomic mass is 9.68. The number of unbranched alkanes of at least 4 members (excludes halogenated alkanes) is 1. The summed E-state index contributed by atoms with van der Waals surface area (Å²) in [5, 5.41) is 0. The van der Waals surface area contributed by atoms with E-state index in [2.05, 4.69) is 13.8 Å². The van der Waals surface area contributed by atoms with Crippen LogP contribution in [0, 0.1) is 16.7 Å². The number of likely N-dealkylation sites (tertiary alicyclic amines) is 1. The average Bonchev–Trinajstić information content (AvgIpc) is 3.19. The van der Waals surface area contributed by atoms with Gasteiger partial charge in [-0.25, -0.2) is 0 Å². The Morgan fingerprint density at radius 1 is 1.06 bits per heavy atom. The summed E-state index contributed by atoms with van der Waals surface area (Å²) < 4.78 is 11.2. The van der Waals surface area contributed by atoms with Crippen LogP contribution in [0.4, 0.5) is 0 Å². The third-order valence-corrected chi connectivity index (χ3v) is 7.20. The van der Waals surface area contributed by atoms with E-state index >= 15 is 0 Å². The molecule has 1 aliphatic heterocycles. The lowest BCUT2D eigenvalue weighted by Crippen LogP contribution is -2.45. The molecule has 6 nitrogen and oxygen atoms in total. The van der Waals surface area contributed by atoms with Gasteiger partial charge in [0.15, 0.2) is 0 Å². The maximum atomic E-state index is 13.2. The number of hydrogen-bond acceptors (Lipinski definition) is 5. The smallest absolute Gasteiger partial charge is 0.311 e. The Bertz CT molecular complexity index is 621. The van der Waals surface area contributed by atoms with Crippen LogP contribution in [0.15, 0.2) is 0 Å². The average molecular weight is 454 g/mol. The first-order valence-corrected chi connectivity index (χ1v) is 12.7. The Hall–Kier alpha value is -1.59. The van der Waals surface area contributed by atoms with Crippen LogP contribution in [0.25, 0.3) is 0 Å². The first-order valence-electron chi connectivity index (χ1n) is 12.7. The van der Waals surface area contributed by atoms with Crippen LogP contribution in [0.2, 0.25) is 0 Å². The minimum Gasteiger partial charge on any atom is -0.466 e. The van der Waals surface area contributed by atoms with Crippen molar-refractivity contribution in [3.8, 4) is 0 Å². The van der Waals surface area contributed by atoms with E-state index in [9.17, 15) is 14.4 Å². The largest absolute Gasteiger partial charge is 0.466 e. The van der Waals surface area contributed by atoms with Gasteiger partial charge in [0.2, 0.25) is 5.91 Å². The maximum absolute atomic E-state index is 13.2. The highest BCUT2D eigenvalue weighted by molar-refractivity contribution is 5.81. The van der Waals surface area contributed by atoms with Crippen molar-refractivity contribution in [3.63, 3.8) is 0 Å². The van der Waals surface area contributed by atoms with Gasteiger partial charge < -0.3 is 14.4 Å². The quantitative estimate of drug-likeness (QED) is 0.305. The second-order valence-electron chi connectivity index (χ2n) is 10.1. The number of carbonyl (C=O) groups excluding carboxylic acids is 3. The Labute approximate surface area is 195 Å². The zero-order valence-corrected chi connectivity index (χ0v) is 21.6. The van der Waals surface area contributed by atoms with Gasteiger partial charge in [0.1, 0.15) is 0 Å². The minimum absolute atomic E-state index is 0.0879. The second-order valence-corrected chi connectivity index (χ2v) is 10.1. The second kappa shape index (κ2) is 13.2. The SMILES string of the molecule is CCCCC(CC)COC(=O)C(C)(CC)CC(C)(CC(C)N1CCCC1=O)C(=O)OCC. The summed E-state index contributed by atoms with van der Waals surface area (Å²) in [5.74, 6) is -0.0348. The van der Waals surface area contributed by atoms with Crippen LogP contribution in [-0.4, -0.2) is 48.5 Å². The molecule has 6 heteroatoms. The lowest BCUT2D eigenvalue weighted by Gasteiger charge is -2.39. The molecule has 1 aliphatic rings.